The Kier molecular flexibility index (Phi) is 5.70. The Bertz CT molecular complexity index is 601. The van der Waals surface area contributed by atoms with Gasteiger partial charge in [0.15, 0.2) is 6.20 Å². The van der Waals surface area contributed by atoms with E-state index in [0.717, 1.165) is 17.4 Å². The third-order valence-electron chi connectivity index (χ3n) is 3.10. The van der Waals surface area contributed by atoms with Crippen molar-refractivity contribution in [2.45, 2.75) is 31.9 Å². The molecule has 2 aromatic rings. The Labute approximate surface area is 130 Å². The minimum atomic E-state index is -4.07. The number of aryl methyl sites for hydroxylation is 1. The molecule has 120 valence electrons. The molecule has 22 heavy (non-hydrogen) atoms. The fourth-order valence-corrected chi connectivity index (χ4v) is 2.48. The Morgan fingerprint density at radius 1 is 1.18 bits per heavy atom. The molecule has 0 aliphatic rings. The second-order valence-electron chi connectivity index (χ2n) is 4.89. The largest absolute Gasteiger partial charge is 0.475 e. The summed E-state index contributed by atoms with van der Waals surface area (Å²) in [5.74, 6) is 0.433. The van der Waals surface area contributed by atoms with Crippen LogP contribution in [0.25, 0.3) is 11.4 Å². The van der Waals surface area contributed by atoms with E-state index in [1.165, 1.54) is 0 Å². The van der Waals surface area contributed by atoms with Gasteiger partial charge in [0, 0.05) is 18.6 Å². The molecule has 0 saturated heterocycles. The standard InChI is InChI=1S/C14H17F3N3OS/c1-20-9-5-3-7-11(20)12-13(19-22-18-12)21-10-6-2-4-8-14(15,16)17/h3,5,7,9H,2,4,6,8,10H2,1H3/q+1. The minimum Gasteiger partial charge on any atom is -0.475 e. The van der Waals surface area contributed by atoms with E-state index in [1.807, 2.05) is 36.0 Å². The van der Waals surface area contributed by atoms with Crippen molar-refractivity contribution in [1.29, 1.82) is 0 Å². The molecule has 0 bridgehead atoms. The van der Waals surface area contributed by atoms with Crippen molar-refractivity contribution >= 4 is 11.7 Å². The lowest BCUT2D eigenvalue weighted by atomic mass is 10.2. The average Bonchev–Trinajstić information content (AvgIpc) is 2.90. The zero-order valence-corrected chi connectivity index (χ0v) is 13.0. The number of ether oxygens (including phenoxy) is 1. The van der Waals surface area contributed by atoms with Crippen molar-refractivity contribution in [3.05, 3.63) is 24.4 Å². The maximum Gasteiger partial charge on any atom is 0.389 e. The van der Waals surface area contributed by atoms with Gasteiger partial charge >= 0.3 is 6.18 Å². The summed E-state index contributed by atoms with van der Waals surface area (Å²) in [6.07, 6.45) is -1.75. The third-order valence-corrected chi connectivity index (χ3v) is 3.61. The predicted octanol–water partition coefficient (Wildman–Crippen LogP) is 3.53. The van der Waals surface area contributed by atoms with Crippen LogP contribution in [0.15, 0.2) is 24.4 Å². The molecule has 0 spiro atoms. The smallest absolute Gasteiger partial charge is 0.389 e. The first kappa shape index (κ1) is 16.7. The third kappa shape index (κ3) is 4.94. The van der Waals surface area contributed by atoms with Crippen LogP contribution in [0.5, 0.6) is 5.88 Å². The van der Waals surface area contributed by atoms with E-state index in [4.69, 9.17) is 4.74 Å². The van der Waals surface area contributed by atoms with Gasteiger partial charge in [-0.05, 0) is 25.3 Å². The Morgan fingerprint density at radius 2 is 2.00 bits per heavy atom. The highest BCUT2D eigenvalue weighted by Crippen LogP contribution is 2.26. The van der Waals surface area contributed by atoms with Gasteiger partial charge in [0.25, 0.3) is 5.88 Å². The van der Waals surface area contributed by atoms with Crippen molar-refractivity contribution in [2.75, 3.05) is 6.61 Å². The number of hydrogen-bond acceptors (Lipinski definition) is 4. The van der Waals surface area contributed by atoms with Crippen LogP contribution in [0.2, 0.25) is 0 Å². The fraction of sp³-hybridized carbons (Fsp3) is 0.500. The van der Waals surface area contributed by atoms with Gasteiger partial charge in [-0.3, -0.25) is 0 Å². The monoisotopic (exact) mass is 332 g/mol. The molecule has 0 saturated carbocycles. The molecule has 8 heteroatoms. The number of halogens is 3. The van der Waals surface area contributed by atoms with Crippen LogP contribution in [-0.2, 0) is 7.05 Å². The van der Waals surface area contributed by atoms with Crippen molar-refractivity contribution < 1.29 is 22.5 Å². The first-order valence-corrected chi connectivity index (χ1v) is 7.67. The summed E-state index contributed by atoms with van der Waals surface area (Å²) in [4.78, 5) is 0. The number of pyridine rings is 1. The molecule has 0 aliphatic carbocycles. The molecule has 0 N–H and O–H groups in total. The molecule has 2 aromatic heterocycles. The Balaban J connectivity index is 1.83. The number of unbranched alkanes of at least 4 members (excludes halogenated alkanes) is 2. The summed E-state index contributed by atoms with van der Waals surface area (Å²) in [6.45, 7) is 0.340. The first-order valence-electron chi connectivity index (χ1n) is 6.94. The van der Waals surface area contributed by atoms with E-state index >= 15 is 0 Å². The SMILES string of the molecule is C[n+]1ccccc1-c1nsnc1OCCCCCC(F)(F)F. The van der Waals surface area contributed by atoms with Gasteiger partial charge in [-0.1, -0.05) is 0 Å². The molecule has 0 aromatic carbocycles. The number of nitrogens with zero attached hydrogens (tertiary/aromatic N) is 3. The van der Waals surface area contributed by atoms with Crippen LogP contribution in [0.1, 0.15) is 25.7 Å². The van der Waals surface area contributed by atoms with Crippen molar-refractivity contribution in [3.63, 3.8) is 0 Å². The zero-order valence-electron chi connectivity index (χ0n) is 12.1. The van der Waals surface area contributed by atoms with Gasteiger partial charge in [0.1, 0.15) is 7.05 Å². The average molecular weight is 332 g/mol. The van der Waals surface area contributed by atoms with Gasteiger partial charge in [0.05, 0.1) is 18.3 Å². The van der Waals surface area contributed by atoms with Crippen LogP contribution >= 0.6 is 11.7 Å². The molecule has 0 amide bonds. The summed E-state index contributed by atoms with van der Waals surface area (Å²) < 4.78 is 51.9. The van der Waals surface area contributed by atoms with E-state index in [0.29, 0.717) is 31.0 Å². The van der Waals surface area contributed by atoms with Crippen LogP contribution in [0.3, 0.4) is 0 Å². The highest BCUT2D eigenvalue weighted by Gasteiger charge is 2.25. The molecule has 0 atom stereocenters. The number of hydrogen-bond donors (Lipinski definition) is 0. The maximum atomic E-state index is 12.0. The summed E-state index contributed by atoms with van der Waals surface area (Å²) in [7, 11) is 1.90. The van der Waals surface area contributed by atoms with Crippen molar-refractivity contribution in [3.8, 4) is 17.3 Å². The first-order chi connectivity index (χ1) is 10.5. The van der Waals surface area contributed by atoms with Crippen LogP contribution in [0.4, 0.5) is 13.2 Å². The van der Waals surface area contributed by atoms with E-state index < -0.39 is 12.6 Å². The molecule has 0 aliphatic heterocycles. The van der Waals surface area contributed by atoms with E-state index in [2.05, 4.69) is 8.75 Å². The van der Waals surface area contributed by atoms with Crippen LogP contribution in [-0.4, -0.2) is 21.5 Å². The van der Waals surface area contributed by atoms with E-state index in [-0.39, 0.29) is 6.42 Å². The predicted molar refractivity (Wildman–Crippen MR) is 76.5 cm³/mol. The summed E-state index contributed by atoms with van der Waals surface area (Å²) in [6, 6.07) is 5.72. The highest BCUT2D eigenvalue weighted by atomic mass is 32.1. The molecular formula is C14H17F3N3OS+. The Morgan fingerprint density at radius 3 is 2.73 bits per heavy atom. The van der Waals surface area contributed by atoms with Gasteiger partial charge in [-0.25, -0.2) is 0 Å². The van der Waals surface area contributed by atoms with Gasteiger partial charge in [0.2, 0.25) is 11.4 Å². The van der Waals surface area contributed by atoms with Gasteiger partial charge in [-0.2, -0.15) is 22.1 Å². The highest BCUT2D eigenvalue weighted by molar-refractivity contribution is 6.99. The van der Waals surface area contributed by atoms with Gasteiger partial charge in [-0.15, -0.1) is 4.37 Å². The molecule has 0 fully saturated rings. The number of alkyl halides is 3. The van der Waals surface area contributed by atoms with Crippen LogP contribution in [0, 0.1) is 0 Å². The van der Waals surface area contributed by atoms with E-state index in [9.17, 15) is 13.2 Å². The number of rotatable bonds is 7. The lowest BCUT2D eigenvalue weighted by Crippen LogP contribution is -2.30. The second-order valence-corrected chi connectivity index (χ2v) is 5.42. The van der Waals surface area contributed by atoms with Crippen molar-refractivity contribution in [1.82, 2.24) is 8.75 Å². The Hall–Kier alpha value is -1.70. The summed E-state index contributed by atoms with van der Waals surface area (Å²) in [5.41, 5.74) is 1.53. The van der Waals surface area contributed by atoms with E-state index in [1.54, 1.807) is 0 Å². The summed E-state index contributed by atoms with van der Waals surface area (Å²) >= 11 is 1.05. The maximum absolute atomic E-state index is 12.0. The topological polar surface area (TPSA) is 38.9 Å². The normalized spacial score (nSPS) is 11.6. The summed E-state index contributed by atoms with van der Waals surface area (Å²) in [5, 5.41) is 0. The lowest BCUT2D eigenvalue weighted by Gasteiger charge is -2.06. The molecule has 2 heterocycles. The number of aromatic nitrogens is 3. The lowest BCUT2D eigenvalue weighted by molar-refractivity contribution is -0.660. The molecule has 4 nitrogen and oxygen atoms in total. The fourth-order valence-electron chi connectivity index (χ4n) is 1.97. The molecule has 0 unspecified atom stereocenters. The quantitative estimate of drug-likeness (QED) is 0.575. The minimum absolute atomic E-state index is 0.128. The molecular weight excluding hydrogens is 315 g/mol. The van der Waals surface area contributed by atoms with Crippen LogP contribution < -0.4 is 9.30 Å². The van der Waals surface area contributed by atoms with Crippen molar-refractivity contribution in [2.24, 2.45) is 7.05 Å². The molecule has 0 radical (unpaired) electrons. The zero-order chi connectivity index (χ0) is 16.0. The van der Waals surface area contributed by atoms with Gasteiger partial charge < -0.3 is 4.74 Å². The molecule has 2 rings (SSSR count). The second kappa shape index (κ2) is 7.53.